The van der Waals surface area contributed by atoms with Gasteiger partial charge >= 0.3 is 0 Å². The van der Waals surface area contributed by atoms with E-state index in [1.165, 1.54) is 0 Å². The molecular formula is C9H18O2. The van der Waals surface area contributed by atoms with Gasteiger partial charge in [-0.1, -0.05) is 0 Å². The average molecular weight is 158 g/mol. The average Bonchev–Trinajstić information content (AvgIpc) is 2.25. The van der Waals surface area contributed by atoms with Crippen molar-refractivity contribution < 1.29 is 9.47 Å². The molecule has 0 aromatic rings. The van der Waals surface area contributed by atoms with E-state index >= 15 is 0 Å². The summed E-state index contributed by atoms with van der Waals surface area (Å²) in [7, 11) is 0. The maximum absolute atomic E-state index is 5.57. The summed E-state index contributed by atoms with van der Waals surface area (Å²) in [5.41, 5.74) is 0.0369. The van der Waals surface area contributed by atoms with Crippen LogP contribution in [0.5, 0.6) is 0 Å². The van der Waals surface area contributed by atoms with Gasteiger partial charge in [0, 0.05) is 19.1 Å². The number of ether oxygens (including phenoxy) is 2. The highest BCUT2D eigenvalue weighted by atomic mass is 16.5. The van der Waals surface area contributed by atoms with E-state index < -0.39 is 0 Å². The third-order valence-electron chi connectivity index (χ3n) is 2.45. The monoisotopic (exact) mass is 158 g/mol. The summed E-state index contributed by atoms with van der Waals surface area (Å²) in [6.45, 7) is 8.87. The van der Waals surface area contributed by atoms with Crippen molar-refractivity contribution in [1.82, 2.24) is 0 Å². The van der Waals surface area contributed by atoms with E-state index in [0.717, 1.165) is 26.2 Å². The van der Waals surface area contributed by atoms with E-state index in [2.05, 4.69) is 13.8 Å². The van der Waals surface area contributed by atoms with E-state index in [0.29, 0.717) is 5.92 Å². The highest BCUT2D eigenvalue weighted by Gasteiger charge is 2.35. The summed E-state index contributed by atoms with van der Waals surface area (Å²) in [6.07, 6.45) is 1.15. The highest BCUT2D eigenvalue weighted by molar-refractivity contribution is 4.84. The van der Waals surface area contributed by atoms with Crippen molar-refractivity contribution in [2.45, 2.75) is 32.8 Å². The first-order valence-corrected chi connectivity index (χ1v) is 4.38. The van der Waals surface area contributed by atoms with Crippen molar-refractivity contribution in [2.24, 2.45) is 5.92 Å². The van der Waals surface area contributed by atoms with Crippen LogP contribution in [0.4, 0.5) is 0 Å². The standard InChI is InChI=1S/C9H18O2/c1-4-10-7-8-5-6-11-9(8,2)3/h8H,4-7H2,1-3H3. The van der Waals surface area contributed by atoms with E-state index in [1.54, 1.807) is 0 Å². The Morgan fingerprint density at radius 2 is 2.27 bits per heavy atom. The van der Waals surface area contributed by atoms with Gasteiger partial charge in [-0.3, -0.25) is 0 Å². The molecule has 0 aromatic heterocycles. The van der Waals surface area contributed by atoms with E-state index in [9.17, 15) is 0 Å². The van der Waals surface area contributed by atoms with E-state index in [1.807, 2.05) is 6.92 Å². The Kier molecular flexibility index (Phi) is 2.90. The van der Waals surface area contributed by atoms with Crippen LogP contribution < -0.4 is 0 Å². The maximum atomic E-state index is 5.57. The van der Waals surface area contributed by atoms with Gasteiger partial charge in [0.05, 0.1) is 12.2 Å². The lowest BCUT2D eigenvalue weighted by Gasteiger charge is -2.25. The van der Waals surface area contributed by atoms with Crippen LogP contribution >= 0.6 is 0 Å². The van der Waals surface area contributed by atoms with Gasteiger partial charge in [-0.05, 0) is 27.2 Å². The summed E-state index contributed by atoms with van der Waals surface area (Å²) < 4.78 is 10.9. The molecule has 0 amide bonds. The maximum Gasteiger partial charge on any atom is 0.0677 e. The van der Waals surface area contributed by atoms with Gasteiger partial charge in [-0.25, -0.2) is 0 Å². The second-order valence-electron chi connectivity index (χ2n) is 3.60. The fourth-order valence-electron chi connectivity index (χ4n) is 1.47. The van der Waals surface area contributed by atoms with Crippen molar-refractivity contribution >= 4 is 0 Å². The third kappa shape index (κ3) is 2.17. The molecular weight excluding hydrogens is 140 g/mol. The largest absolute Gasteiger partial charge is 0.381 e. The molecule has 1 fully saturated rings. The predicted molar refractivity (Wildman–Crippen MR) is 44.6 cm³/mol. The molecule has 0 aromatic carbocycles. The number of rotatable bonds is 3. The van der Waals surface area contributed by atoms with Gasteiger partial charge < -0.3 is 9.47 Å². The van der Waals surface area contributed by atoms with Crippen LogP contribution in [-0.4, -0.2) is 25.4 Å². The van der Waals surface area contributed by atoms with Gasteiger partial charge in [0.25, 0.3) is 0 Å². The smallest absolute Gasteiger partial charge is 0.0677 e. The lowest BCUT2D eigenvalue weighted by molar-refractivity contribution is -0.0154. The molecule has 0 aliphatic carbocycles. The minimum absolute atomic E-state index is 0.0369. The summed E-state index contributed by atoms with van der Waals surface area (Å²) in [5, 5.41) is 0. The molecule has 11 heavy (non-hydrogen) atoms. The molecule has 1 aliphatic heterocycles. The minimum atomic E-state index is 0.0369. The lowest BCUT2D eigenvalue weighted by Crippen LogP contribution is -2.30. The quantitative estimate of drug-likeness (QED) is 0.624. The molecule has 0 saturated carbocycles. The number of hydrogen-bond acceptors (Lipinski definition) is 2. The zero-order chi connectivity index (χ0) is 8.32. The minimum Gasteiger partial charge on any atom is -0.381 e. The van der Waals surface area contributed by atoms with Gasteiger partial charge in [0.1, 0.15) is 0 Å². The Hall–Kier alpha value is -0.0800. The molecule has 1 unspecified atom stereocenters. The normalized spacial score (nSPS) is 29.2. The first-order valence-electron chi connectivity index (χ1n) is 4.38. The third-order valence-corrected chi connectivity index (χ3v) is 2.45. The van der Waals surface area contributed by atoms with Crippen molar-refractivity contribution in [2.75, 3.05) is 19.8 Å². The van der Waals surface area contributed by atoms with Gasteiger partial charge in [0.2, 0.25) is 0 Å². The molecule has 2 heteroatoms. The van der Waals surface area contributed by atoms with Gasteiger partial charge in [-0.2, -0.15) is 0 Å². The van der Waals surface area contributed by atoms with Crippen LogP contribution in [0.1, 0.15) is 27.2 Å². The molecule has 1 saturated heterocycles. The van der Waals surface area contributed by atoms with Crippen LogP contribution in [0.15, 0.2) is 0 Å². The van der Waals surface area contributed by atoms with Crippen molar-refractivity contribution in [3.05, 3.63) is 0 Å². The van der Waals surface area contributed by atoms with Crippen LogP contribution in [-0.2, 0) is 9.47 Å². The fraction of sp³-hybridized carbons (Fsp3) is 1.00. The Labute approximate surface area is 68.9 Å². The van der Waals surface area contributed by atoms with Crippen LogP contribution in [0.2, 0.25) is 0 Å². The first kappa shape index (κ1) is 9.01. The molecule has 1 rings (SSSR count). The zero-order valence-corrected chi connectivity index (χ0v) is 7.72. The highest BCUT2D eigenvalue weighted by Crippen LogP contribution is 2.31. The van der Waals surface area contributed by atoms with Crippen LogP contribution in [0.25, 0.3) is 0 Å². The predicted octanol–water partition coefficient (Wildman–Crippen LogP) is 1.84. The molecule has 0 spiro atoms. The molecule has 1 heterocycles. The second kappa shape index (κ2) is 3.55. The van der Waals surface area contributed by atoms with Crippen molar-refractivity contribution in [3.8, 4) is 0 Å². The number of hydrogen-bond donors (Lipinski definition) is 0. The lowest BCUT2D eigenvalue weighted by atomic mass is 9.92. The molecule has 0 radical (unpaired) electrons. The van der Waals surface area contributed by atoms with Crippen LogP contribution in [0.3, 0.4) is 0 Å². The SMILES string of the molecule is CCOCC1CCOC1(C)C. The Bertz CT molecular complexity index is 121. The van der Waals surface area contributed by atoms with Crippen molar-refractivity contribution in [1.29, 1.82) is 0 Å². The fourth-order valence-corrected chi connectivity index (χ4v) is 1.47. The van der Waals surface area contributed by atoms with Crippen LogP contribution in [0, 0.1) is 5.92 Å². The van der Waals surface area contributed by atoms with E-state index in [-0.39, 0.29) is 5.60 Å². The molecule has 2 nitrogen and oxygen atoms in total. The Morgan fingerprint density at radius 1 is 1.55 bits per heavy atom. The summed E-state index contributed by atoms with van der Waals surface area (Å²) in [6, 6.07) is 0. The Balaban J connectivity index is 2.32. The molecule has 1 aliphatic rings. The summed E-state index contributed by atoms with van der Waals surface area (Å²) in [5.74, 6) is 0.586. The van der Waals surface area contributed by atoms with E-state index in [4.69, 9.17) is 9.47 Å². The van der Waals surface area contributed by atoms with Crippen molar-refractivity contribution in [3.63, 3.8) is 0 Å². The van der Waals surface area contributed by atoms with Gasteiger partial charge in [0.15, 0.2) is 0 Å². The zero-order valence-electron chi connectivity index (χ0n) is 7.72. The Morgan fingerprint density at radius 3 is 2.73 bits per heavy atom. The first-order chi connectivity index (χ1) is 5.17. The summed E-state index contributed by atoms with van der Waals surface area (Å²) in [4.78, 5) is 0. The molecule has 1 atom stereocenters. The van der Waals surface area contributed by atoms with Gasteiger partial charge in [-0.15, -0.1) is 0 Å². The molecule has 0 N–H and O–H groups in total. The molecule has 0 bridgehead atoms. The second-order valence-corrected chi connectivity index (χ2v) is 3.60. The molecule has 66 valence electrons. The topological polar surface area (TPSA) is 18.5 Å². The summed E-state index contributed by atoms with van der Waals surface area (Å²) >= 11 is 0.